The van der Waals surface area contributed by atoms with Crippen molar-refractivity contribution in [2.24, 2.45) is 0 Å². The predicted molar refractivity (Wildman–Crippen MR) is 77.6 cm³/mol. The molecule has 0 bridgehead atoms. The van der Waals surface area contributed by atoms with Crippen molar-refractivity contribution in [1.29, 1.82) is 0 Å². The smallest absolute Gasteiger partial charge is 0.232 e. The van der Waals surface area contributed by atoms with Gasteiger partial charge in [-0.1, -0.05) is 24.2 Å². The molecule has 112 valence electrons. The molecule has 0 amide bonds. The first kappa shape index (κ1) is 14.2. The van der Waals surface area contributed by atoms with Crippen LogP contribution in [0.4, 0.5) is 4.39 Å². The number of piperidine rings is 1. The molecule has 21 heavy (non-hydrogen) atoms. The zero-order valence-corrected chi connectivity index (χ0v) is 12.2. The van der Waals surface area contributed by atoms with E-state index >= 15 is 0 Å². The SMILES string of the molecule is CCC1(c2nc(Cc3cccc(F)c3)no2)CCNCC1. The molecule has 1 aliphatic heterocycles. The summed E-state index contributed by atoms with van der Waals surface area (Å²) in [5.74, 6) is 1.12. The minimum atomic E-state index is -0.236. The summed E-state index contributed by atoms with van der Waals surface area (Å²) >= 11 is 0. The molecule has 1 aromatic carbocycles. The maximum absolute atomic E-state index is 13.2. The molecular formula is C16H20FN3O. The van der Waals surface area contributed by atoms with E-state index < -0.39 is 0 Å². The van der Waals surface area contributed by atoms with Gasteiger partial charge < -0.3 is 9.84 Å². The van der Waals surface area contributed by atoms with Gasteiger partial charge in [0, 0.05) is 6.42 Å². The Kier molecular flexibility index (Phi) is 4.01. The highest BCUT2D eigenvalue weighted by molar-refractivity contribution is 5.20. The third-order valence-corrected chi connectivity index (χ3v) is 4.41. The summed E-state index contributed by atoms with van der Waals surface area (Å²) < 4.78 is 18.7. The van der Waals surface area contributed by atoms with Crippen LogP contribution in [0.15, 0.2) is 28.8 Å². The normalized spacial score (nSPS) is 17.8. The summed E-state index contributed by atoms with van der Waals surface area (Å²) in [6.07, 6.45) is 3.53. The number of hydrogen-bond acceptors (Lipinski definition) is 4. The van der Waals surface area contributed by atoms with Crippen LogP contribution in [0, 0.1) is 5.82 Å². The van der Waals surface area contributed by atoms with Gasteiger partial charge in [-0.25, -0.2) is 4.39 Å². The maximum atomic E-state index is 13.2. The van der Waals surface area contributed by atoms with Gasteiger partial charge in [-0.3, -0.25) is 0 Å². The van der Waals surface area contributed by atoms with Crippen molar-refractivity contribution < 1.29 is 8.91 Å². The van der Waals surface area contributed by atoms with Gasteiger partial charge >= 0.3 is 0 Å². The molecule has 1 N–H and O–H groups in total. The Morgan fingerprint density at radius 1 is 1.33 bits per heavy atom. The van der Waals surface area contributed by atoms with Gasteiger partial charge in [0.05, 0.1) is 5.41 Å². The van der Waals surface area contributed by atoms with E-state index in [4.69, 9.17) is 4.52 Å². The fraction of sp³-hybridized carbons (Fsp3) is 0.500. The van der Waals surface area contributed by atoms with E-state index in [1.807, 2.05) is 6.07 Å². The van der Waals surface area contributed by atoms with Crippen LogP contribution in [0.3, 0.4) is 0 Å². The molecule has 4 nitrogen and oxygen atoms in total. The second-order valence-electron chi connectivity index (χ2n) is 5.71. The van der Waals surface area contributed by atoms with Gasteiger partial charge in [0.1, 0.15) is 5.82 Å². The van der Waals surface area contributed by atoms with Crippen LogP contribution in [0.2, 0.25) is 0 Å². The number of benzene rings is 1. The Hall–Kier alpha value is -1.75. The average molecular weight is 289 g/mol. The van der Waals surface area contributed by atoms with Crippen molar-refractivity contribution in [3.8, 4) is 0 Å². The zero-order chi connectivity index (χ0) is 14.7. The lowest BCUT2D eigenvalue weighted by molar-refractivity contribution is 0.216. The summed E-state index contributed by atoms with van der Waals surface area (Å²) in [6.45, 7) is 4.13. The molecular weight excluding hydrogens is 269 g/mol. The highest BCUT2D eigenvalue weighted by Crippen LogP contribution is 2.35. The van der Waals surface area contributed by atoms with Gasteiger partial charge in [0.2, 0.25) is 5.89 Å². The standard InChI is InChI=1S/C16H20FN3O/c1-2-16(6-8-18-9-7-16)15-19-14(20-21-15)11-12-4-3-5-13(17)10-12/h3-5,10,18H,2,6-9,11H2,1H3. The van der Waals surface area contributed by atoms with Crippen LogP contribution < -0.4 is 5.32 Å². The Bertz CT molecular complexity index is 605. The molecule has 1 aliphatic rings. The molecule has 1 saturated heterocycles. The second-order valence-corrected chi connectivity index (χ2v) is 5.71. The van der Waals surface area contributed by atoms with E-state index in [1.54, 1.807) is 6.07 Å². The summed E-state index contributed by atoms with van der Waals surface area (Å²) in [4.78, 5) is 4.57. The van der Waals surface area contributed by atoms with Gasteiger partial charge in [0.25, 0.3) is 0 Å². The highest BCUT2D eigenvalue weighted by Gasteiger charge is 2.37. The molecule has 3 rings (SSSR count). The van der Waals surface area contributed by atoms with E-state index in [9.17, 15) is 4.39 Å². The van der Waals surface area contributed by atoms with Crippen LogP contribution in [0.5, 0.6) is 0 Å². The van der Waals surface area contributed by atoms with E-state index in [2.05, 4.69) is 22.4 Å². The first-order valence-electron chi connectivity index (χ1n) is 7.50. The Balaban J connectivity index is 1.79. The quantitative estimate of drug-likeness (QED) is 0.940. The molecule has 1 aromatic heterocycles. The zero-order valence-electron chi connectivity index (χ0n) is 12.2. The van der Waals surface area contributed by atoms with Crippen LogP contribution in [0.25, 0.3) is 0 Å². The number of halogens is 1. The molecule has 5 heteroatoms. The number of nitrogens with one attached hydrogen (secondary N) is 1. The lowest BCUT2D eigenvalue weighted by atomic mass is 9.76. The molecule has 0 atom stereocenters. The Morgan fingerprint density at radius 2 is 2.14 bits per heavy atom. The molecule has 0 radical (unpaired) electrons. The lowest BCUT2D eigenvalue weighted by Gasteiger charge is -2.33. The number of aromatic nitrogens is 2. The summed E-state index contributed by atoms with van der Waals surface area (Å²) in [5.41, 5.74) is 0.858. The van der Waals surface area contributed by atoms with Crippen molar-refractivity contribution in [2.75, 3.05) is 13.1 Å². The average Bonchev–Trinajstić information content (AvgIpc) is 2.97. The van der Waals surface area contributed by atoms with Crippen molar-refractivity contribution in [2.45, 2.75) is 38.0 Å². The minimum absolute atomic E-state index is 0.00155. The van der Waals surface area contributed by atoms with Gasteiger partial charge in [0.15, 0.2) is 5.82 Å². The summed E-state index contributed by atoms with van der Waals surface area (Å²) in [5, 5.41) is 7.45. The molecule has 2 aromatic rings. The van der Waals surface area contributed by atoms with E-state index in [0.29, 0.717) is 12.2 Å². The van der Waals surface area contributed by atoms with Crippen LogP contribution >= 0.6 is 0 Å². The maximum Gasteiger partial charge on any atom is 0.232 e. The Morgan fingerprint density at radius 3 is 2.86 bits per heavy atom. The highest BCUT2D eigenvalue weighted by atomic mass is 19.1. The van der Waals surface area contributed by atoms with Gasteiger partial charge in [-0.2, -0.15) is 4.98 Å². The van der Waals surface area contributed by atoms with Crippen molar-refractivity contribution >= 4 is 0 Å². The van der Waals surface area contributed by atoms with Crippen molar-refractivity contribution in [1.82, 2.24) is 15.5 Å². The second kappa shape index (κ2) is 5.93. The molecule has 0 unspecified atom stereocenters. The van der Waals surface area contributed by atoms with Gasteiger partial charge in [-0.15, -0.1) is 0 Å². The third kappa shape index (κ3) is 2.97. The van der Waals surface area contributed by atoms with Gasteiger partial charge in [-0.05, 0) is 50.0 Å². The number of hydrogen-bond donors (Lipinski definition) is 1. The van der Waals surface area contributed by atoms with E-state index in [0.717, 1.165) is 43.8 Å². The summed E-state index contributed by atoms with van der Waals surface area (Å²) in [6, 6.07) is 6.52. The molecule has 2 heterocycles. The fourth-order valence-electron chi connectivity index (χ4n) is 2.99. The third-order valence-electron chi connectivity index (χ3n) is 4.41. The first-order valence-corrected chi connectivity index (χ1v) is 7.50. The van der Waals surface area contributed by atoms with E-state index in [-0.39, 0.29) is 11.2 Å². The predicted octanol–water partition coefficient (Wildman–Crippen LogP) is 2.83. The monoisotopic (exact) mass is 289 g/mol. The lowest BCUT2D eigenvalue weighted by Crippen LogP contribution is -2.39. The number of nitrogens with zero attached hydrogens (tertiary/aromatic N) is 2. The van der Waals surface area contributed by atoms with Crippen molar-refractivity contribution in [3.63, 3.8) is 0 Å². The molecule has 1 fully saturated rings. The van der Waals surface area contributed by atoms with Crippen molar-refractivity contribution in [3.05, 3.63) is 47.4 Å². The topological polar surface area (TPSA) is 51.0 Å². The minimum Gasteiger partial charge on any atom is -0.339 e. The molecule has 0 saturated carbocycles. The fourth-order valence-corrected chi connectivity index (χ4v) is 2.99. The molecule has 0 spiro atoms. The largest absolute Gasteiger partial charge is 0.339 e. The van der Waals surface area contributed by atoms with Crippen LogP contribution in [-0.4, -0.2) is 23.2 Å². The van der Waals surface area contributed by atoms with Crippen LogP contribution in [-0.2, 0) is 11.8 Å². The van der Waals surface area contributed by atoms with E-state index in [1.165, 1.54) is 12.1 Å². The summed E-state index contributed by atoms with van der Waals surface area (Å²) in [7, 11) is 0. The Labute approximate surface area is 123 Å². The number of rotatable bonds is 4. The van der Waals surface area contributed by atoms with Crippen LogP contribution in [0.1, 0.15) is 43.5 Å². The first-order chi connectivity index (χ1) is 10.2. The molecule has 0 aliphatic carbocycles.